The van der Waals surface area contributed by atoms with Gasteiger partial charge in [-0.05, 0) is 43.9 Å². The van der Waals surface area contributed by atoms with E-state index in [-0.39, 0.29) is 17.9 Å². The quantitative estimate of drug-likeness (QED) is 0.842. The van der Waals surface area contributed by atoms with Gasteiger partial charge >= 0.3 is 0 Å². The molecule has 0 saturated carbocycles. The van der Waals surface area contributed by atoms with Crippen LogP contribution >= 0.6 is 0 Å². The molecule has 2 rings (SSSR count). The second kappa shape index (κ2) is 8.42. The molecule has 5 nitrogen and oxygen atoms in total. The van der Waals surface area contributed by atoms with Gasteiger partial charge in [-0.1, -0.05) is 32.0 Å². The molecule has 0 spiro atoms. The highest BCUT2D eigenvalue weighted by atomic mass is 16.2. The molecule has 1 aromatic heterocycles. The molecule has 0 aliphatic rings. The van der Waals surface area contributed by atoms with E-state index in [0.717, 1.165) is 29.7 Å². The lowest BCUT2D eigenvalue weighted by Gasteiger charge is -2.14. The Morgan fingerprint density at radius 1 is 1.12 bits per heavy atom. The van der Waals surface area contributed by atoms with Crippen molar-refractivity contribution in [3.8, 4) is 0 Å². The van der Waals surface area contributed by atoms with Crippen LogP contribution in [-0.2, 0) is 6.42 Å². The third-order valence-corrected chi connectivity index (χ3v) is 4.23. The number of carbonyl (C=O) groups is 2. The van der Waals surface area contributed by atoms with Crippen LogP contribution in [0.1, 0.15) is 59.0 Å². The Bertz CT molecular complexity index is 771. The van der Waals surface area contributed by atoms with Crippen molar-refractivity contribution in [2.45, 2.75) is 46.6 Å². The molecule has 0 saturated heterocycles. The number of hydrogen-bond acceptors (Lipinski definition) is 3. The fourth-order valence-electron chi connectivity index (χ4n) is 2.49. The molecule has 0 aliphatic heterocycles. The van der Waals surface area contributed by atoms with Crippen LogP contribution in [-0.4, -0.2) is 22.8 Å². The number of para-hydroxylation sites is 1. The third-order valence-electron chi connectivity index (χ3n) is 4.23. The van der Waals surface area contributed by atoms with Crippen LogP contribution in [0.15, 0.2) is 36.7 Å². The van der Waals surface area contributed by atoms with Gasteiger partial charge in [0.25, 0.3) is 11.8 Å². The Morgan fingerprint density at radius 2 is 1.80 bits per heavy atom. The van der Waals surface area contributed by atoms with Gasteiger partial charge in [0.05, 0.1) is 11.1 Å². The summed E-state index contributed by atoms with van der Waals surface area (Å²) in [4.78, 5) is 28.9. The van der Waals surface area contributed by atoms with Crippen molar-refractivity contribution in [3.63, 3.8) is 0 Å². The Labute approximate surface area is 148 Å². The third kappa shape index (κ3) is 4.66. The fourth-order valence-corrected chi connectivity index (χ4v) is 2.49. The van der Waals surface area contributed by atoms with Gasteiger partial charge in [-0.15, -0.1) is 0 Å². The normalized spacial score (nSPS) is 11.7. The molecule has 25 heavy (non-hydrogen) atoms. The lowest BCUT2D eigenvalue weighted by atomic mass is 10.1. The first-order valence-corrected chi connectivity index (χ1v) is 8.62. The molecular weight excluding hydrogens is 314 g/mol. The molecule has 5 heteroatoms. The first kappa shape index (κ1) is 18.6. The maximum absolute atomic E-state index is 12.6. The van der Waals surface area contributed by atoms with Gasteiger partial charge in [0.2, 0.25) is 0 Å². The number of anilines is 1. The molecule has 1 aromatic carbocycles. The molecule has 2 amide bonds. The predicted octanol–water partition coefficient (Wildman–Crippen LogP) is 3.73. The molecule has 132 valence electrons. The zero-order chi connectivity index (χ0) is 18.4. The van der Waals surface area contributed by atoms with Crippen LogP contribution in [0.5, 0.6) is 0 Å². The summed E-state index contributed by atoms with van der Waals surface area (Å²) in [5.41, 5.74) is 3.65. The Hall–Kier alpha value is -2.69. The van der Waals surface area contributed by atoms with E-state index in [1.165, 1.54) is 12.4 Å². The molecule has 2 N–H and O–H groups in total. The summed E-state index contributed by atoms with van der Waals surface area (Å²) in [6, 6.07) is 7.58. The molecule has 0 aliphatic carbocycles. The number of carbonyl (C=O) groups excluding carboxylic acids is 2. The van der Waals surface area contributed by atoms with Crippen molar-refractivity contribution < 1.29 is 9.59 Å². The van der Waals surface area contributed by atoms with Crippen molar-refractivity contribution >= 4 is 17.5 Å². The zero-order valence-corrected chi connectivity index (χ0v) is 15.2. The molecule has 0 fully saturated rings. The van der Waals surface area contributed by atoms with Gasteiger partial charge in [0.1, 0.15) is 0 Å². The number of hydrogen-bond donors (Lipinski definition) is 2. The summed E-state index contributed by atoms with van der Waals surface area (Å²) in [5.74, 6) is -0.490. The maximum atomic E-state index is 12.6. The van der Waals surface area contributed by atoms with Crippen LogP contribution in [0.2, 0.25) is 0 Å². The molecular formula is C20H25N3O2. The number of nitrogens with one attached hydrogen (secondary N) is 2. The van der Waals surface area contributed by atoms with Gasteiger partial charge < -0.3 is 10.6 Å². The van der Waals surface area contributed by atoms with E-state index < -0.39 is 0 Å². The average molecular weight is 339 g/mol. The lowest BCUT2D eigenvalue weighted by molar-refractivity contribution is 0.0939. The number of benzene rings is 1. The van der Waals surface area contributed by atoms with Crippen molar-refractivity contribution in [3.05, 3.63) is 58.9 Å². The lowest BCUT2D eigenvalue weighted by Crippen LogP contribution is -2.32. The van der Waals surface area contributed by atoms with E-state index in [1.807, 2.05) is 45.9 Å². The van der Waals surface area contributed by atoms with E-state index in [9.17, 15) is 9.59 Å². The summed E-state index contributed by atoms with van der Waals surface area (Å²) >= 11 is 0. The number of amides is 2. The topological polar surface area (TPSA) is 71.1 Å². The molecule has 1 unspecified atom stereocenters. The summed E-state index contributed by atoms with van der Waals surface area (Å²) < 4.78 is 0. The van der Waals surface area contributed by atoms with Crippen molar-refractivity contribution in [2.75, 3.05) is 5.32 Å². The average Bonchev–Trinajstić information content (AvgIpc) is 2.63. The highest BCUT2D eigenvalue weighted by Crippen LogP contribution is 2.22. The van der Waals surface area contributed by atoms with Gasteiger partial charge in [0, 0.05) is 24.1 Å². The molecule has 2 aromatic rings. The minimum atomic E-state index is -0.269. The van der Waals surface area contributed by atoms with E-state index in [0.29, 0.717) is 11.1 Å². The SMILES string of the molecule is CCc1cccc(C)c1NC(=O)c1cncc(C(=O)NC(C)CC)c1. The van der Waals surface area contributed by atoms with Gasteiger partial charge in [0.15, 0.2) is 0 Å². The maximum Gasteiger partial charge on any atom is 0.257 e. The minimum Gasteiger partial charge on any atom is -0.350 e. The van der Waals surface area contributed by atoms with E-state index >= 15 is 0 Å². The van der Waals surface area contributed by atoms with Crippen molar-refractivity contribution in [1.82, 2.24) is 10.3 Å². The highest BCUT2D eigenvalue weighted by Gasteiger charge is 2.14. The first-order valence-electron chi connectivity index (χ1n) is 8.62. The minimum absolute atomic E-state index is 0.0732. The van der Waals surface area contributed by atoms with Crippen molar-refractivity contribution in [1.29, 1.82) is 0 Å². The Balaban J connectivity index is 2.21. The predicted molar refractivity (Wildman–Crippen MR) is 100.0 cm³/mol. The van der Waals surface area contributed by atoms with Crippen LogP contribution in [0.4, 0.5) is 5.69 Å². The highest BCUT2D eigenvalue weighted by molar-refractivity contribution is 6.06. The zero-order valence-electron chi connectivity index (χ0n) is 15.2. The largest absolute Gasteiger partial charge is 0.350 e. The summed E-state index contributed by atoms with van der Waals surface area (Å²) in [6.45, 7) is 7.95. The summed E-state index contributed by atoms with van der Waals surface area (Å²) in [6.07, 6.45) is 4.61. The number of pyridine rings is 1. The van der Waals surface area contributed by atoms with Crippen LogP contribution in [0.3, 0.4) is 0 Å². The van der Waals surface area contributed by atoms with Crippen LogP contribution < -0.4 is 10.6 Å². The molecule has 1 atom stereocenters. The smallest absolute Gasteiger partial charge is 0.257 e. The second-order valence-corrected chi connectivity index (χ2v) is 6.16. The monoisotopic (exact) mass is 339 g/mol. The number of aryl methyl sites for hydroxylation is 2. The fraction of sp³-hybridized carbons (Fsp3) is 0.350. The number of nitrogens with zero attached hydrogens (tertiary/aromatic N) is 1. The van der Waals surface area contributed by atoms with Crippen LogP contribution in [0, 0.1) is 6.92 Å². The summed E-state index contributed by atoms with van der Waals surface area (Å²) in [7, 11) is 0. The van der Waals surface area contributed by atoms with E-state index in [4.69, 9.17) is 0 Å². The van der Waals surface area contributed by atoms with Crippen molar-refractivity contribution in [2.24, 2.45) is 0 Å². The Kier molecular flexibility index (Phi) is 6.28. The molecule has 1 heterocycles. The van der Waals surface area contributed by atoms with E-state index in [1.54, 1.807) is 6.07 Å². The summed E-state index contributed by atoms with van der Waals surface area (Å²) in [5, 5.41) is 5.83. The molecule has 0 radical (unpaired) electrons. The van der Waals surface area contributed by atoms with E-state index in [2.05, 4.69) is 15.6 Å². The number of rotatable bonds is 6. The second-order valence-electron chi connectivity index (χ2n) is 6.16. The standard InChI is InChI=1S/C20H25N3O2/c1-5-14(4)22-19(24)16-10-17(12-21-11-16)20(25)23-18-13(3)8-7-9-15(18)6-2/h7-12,14H,5-6H2,1-4H3,(H,22,24)(H,23,25). The Morgan fingerprint density at radius 3 is 2.44 bits per heavy atom. The van der Waals surface area contributed by atoms with Crippen LogP contribution in [0.25, 0.3) is 0 Å². The van der Waals surface area contributed by atoms with Gasteiger partial charge in [-0.3, -0.25) is 14.6 Å². The molecule has 0 bridgehead atoms. The van der Waals surface area contributed by atoms with Gasteiger partial charge in [-0.2, -0.15) is 0 Å². The first-order chi connectivity index (χ1) is 12.0. The van der Waals surface area contributed by atoms with Gasteiger partial charge in [-0.25, -0.2) is 0 Å². The number of aromatic nitrogens is 1.